The van der Waals surface area contributed by atoms with Gasteiger partial charge in [-0.15, -0.1) is 0 Å². The Bertz CT molecular complexity index is 727. The van der Waals surface area contributed by atoms with E-state index >= 15 is 0 Å². The number of anilines is 1. The molecule has 160 valence electrons. The van der Waals surface area contributed by atoms with Crippen molar-refractivity contribution in [3.8, 4) is 5.75 Å². The Kier molecular flexibility index (Phi) is 7.43. The first-order valence-electron chi connectivity index (χ1n) is 9.67. The molecule has 0 unspecified atom stereocenters. The fourth-order valence-corrected chi connectivity index (χ4v) is 3.87. The Labute approximate surface area is 169 Å². The first-order valence-corrected chi connectivity index (χ1v) is 9.67. The van der Waals surface area contributed by atoms with Crippen LogP contribution in [0.5, 0.6) is 5.75 Å². The predicted octanol–water partition coefficient (Wildman–Crippen LogP) is 0.419. The average molecular weight is 408 g/mol. The van der Waals surface area contributed by atoms with Gasteiger partial charge in [-0.3, -0.25) is 9.59 Å². The Balaban J connectivity index is 1.70. The lowest BCUT2D eigenvalue weighted by molar-refractivity contribution is -0.142. The highest BCUT2D eigenvalue weighted by Crippen LogP contribution is 2.47. The number of nitrogens with one attached hydrogen (secondary N) is 2. The Morgan fingerprint density at radius 1 is 1.24 bits per heavy atom. The first-order chi connectivity index (χ1) is 14.0. The summed E-state index contributed by atoms with van der Waals surface area (Å²) in [5, 5.41) is 15.4. The van der Waals surface area contributed by atoms with Gasteiger partial charge in [0.05, 0.1) is 25.7 Å². The van der Waals surface area contributed by atoms with Crippen molar-refractivity contribution in [3.05, 3.63) is 23.8 Å². The van der Waals surface area contributed by atoms with Crippen molar-refractivity contribution in [1.29, 1.82) is 0 Å². The summed E-state index contributed by atoms with van der Waals surface area (Å²) in [5.74, 6) is 0.305. The van der Waals surface area contributed by atoms with Crippen LogP contribution in [-0.4, -0.2) is 75.8 Å². The lowest BCUT2D eigenvalue weighted by Crippen LogP contribution is -2.47. The second-order valence-corrected chi connectivity index (χ2v) is 7.18. The SMILES string of the molecule is COCCNC(=O)C[C@H]1C[C@@H]2c3cc(NC(=O)COC)ccc3O[C@@H]2[C@@H](CO)O1. The van der Waals surface area contributed by atoms with Gasteiger partial charge in [-0.2, -0.15) is 0 Å². The average Bonchev–Trinajstić information content (AvgIpc) is 3.06. The van der Waals surface area contributed by atoms with Gasteiger partial charge in [0.1, 0.15) is 24.6 Å². The zero-order chi connectivity index (χ0) is 20.8. The van der Waals surface area contributed by atoms with Crippen LogP contribution >= 0.6 is 0 Å². The summed E-state index contributed by atoms with van der Waals surface area (Å²) in [4.78, 5) is 24.0. The maximum absolute atomic E-state index is 12.2. The number of ether oxygens (including phenoxy) is 4. The molecule has 1 aromatic carbocycles. The van der Waals surface area contributed by atoms with Crippen molar-refractivity contribution in [2.75, 3.05) is 45.9 Å². The van der Waals surface area contributed by atoms with Crippen molar-refractivity contribution in [2.45, 2.75) is 37.1 Å². The van der Waals surface area contributed by atoms with E-state index in [1.165, 1.54) is 7.11 Å². The molecule has 0 aromatic heterocycles. The predicted molar refractivity (Wildman–Crippen MR) is 104 cm³/mol. The number of aliphatic hydroxyl groups excluding tert-OH is 1. The van der Waals surface area contributed by atoms with Crippen LogP contribution in [0.2, 0.25) is 0 Å². The molecule has 0 radical (unpaired) electrons. The van der Waals surface area contributed by atoms with Crippen LogP contribution in [0, 0.1) is 0 Å². The van der Waals surface area contributed by atoms with Gasteiger partial charge in [0.2, 0.25) is 11.8 Å². The van der Waals surface area contributed by atoms with Crippen LogP contribution in [0.3, 0.4) is 0 Å². The molecule has 1 fully saturated rings. The molecular formula is C20H28N2O7. The summed E-state index contributed by atoms with van der Waals surface area (Å²) >= 11 is 0. The monoisotopic (exact) mass is 408 g/mol. The van der Waals surface area contributed by atoms with E-state index in [0.717, 1.165) is 5.56 Å². The van der Waals surface area contributed by atoms with Crippen LogP contribution in [-0.2, 0) is 23.8 Å². The van der Waals surface area contributed by atoms with Crippen LogP contribution < -0.4 is 15.4 Å². The highest BCUT2D eigenvalue weighted by Gasteiger charge is 2.46. The van der Waals surface area contributed by atoms with Crippen LogP contribution in [0.1, 0.15) is 24.3 Å². The number of hydrogen-bond donors (Lipinski definition) is 3. The highest BCUT2D eigenvalue weighted by atomic mass is 16.6. The Morgan fingerprint density at radius 3 is 2.79 bits per heavy atom. The number of benzene rings is 1. The van der Waals surface area contributed by atoms with E-state index in [1.54, 1.807) is 19.2 Å². The van der Waals surface area contributed by atoms with E-state index in [4.69, 9.17) is 18.9 Å². The van der Waals surface area contributed by atoms with Gasteiger partial charge >= 0.3 is 0 Å². The molecule has 29 heavy (non-hydrogen) atoms. The number of fused-ring (bicyclic) bond motifs is 3. The Morgan fingerprint density at radius 2 is 2.07 bits per heavy atom. The molecule has 2 aliphatic rings. The number of aliphatic hydroxyl groups is 1. The van der Waals surface area contributed by atoms with Crippen molar-refractivity contribution in [2.24, 2.45) is 0 Å². The molecule has 0 aliphatic carbocycles. The third kappa shape index (κ3) is 5.24. The molecule has 1 saturated heterocycles. The summed E-state index contributed by atoms with van der Waals surface area (Å²) in [6.45, 7) is 0.655. The third-order valence-corrected chi connectivity index (χ3v) is 5.10. The Hall–Kier alpha value is -2.20. The van der Waals surface area contributed by atoms with Crippen LogP contribution in [0.4, 0.5) is 5.69 Å². The standard InChI is InChI=1S/C20H28N2O7/c1-26-6-5-21-18(24)9-13-8-15-14-7-12(22-19(25)11-27-2)3-4-16(14)29-20(15)17(10-23)28-13/h3-4,7,13,15,17,20,23H,5-6,8-11H2,1-2H3,(H,21,24)(H,22,25)/t13-,15-,17-,20+/m1/s1. The van der Waals surface area contributed by atoms with Gasteiger partial charge in [0.15, 0.2) is 0 Å². The fraction of sp³-hybridized carbons (Fsp3) is 0.600. The number of carbonyl (C=O) groups is 2. The summed E-state index contributed by atoms with van der Waals surface area (Å²) in [6.07, 6.45) is -0.404. The largest absolute Gasteiger partial charge is 0.487 e. The van der Waals surface area contributed by atoms with E-state index in [9.17, 15) is 14.7 Å². The maximum Gasteiger partial charge on any atom is 0.250 e. The molecular weight excluding hydrogens is 380 g/mol. The number of rotatable bonds is 9. The van der Waals surface area contributed by atoms with Gasteiger partial charge in [-0.05, 0) is 24.6 Å². The summed E-state index contributed by atoms with van der Waals surface area (Å²) in [7, 11) is 3.04. The molecule has 2 amide bonds. The second-order valence-electron chi connectivity index (χ2n) is 7.18. The molecule has 0 bridgehead atoms. The van der Waals surface area contributed by atoms with E-state index in [0.29, 0.717) is 31.0 Å². The first kappa shape index (κ1) is 21.5. The van der Waals surface area contributed by atoms with Gasteiger partial charge in [-0.25, -0.2) is 0 Å². The minimum absolute atomic E-state index is 0.0275. The van der Waals surface area contributed by atoms with Crippen molar-refractivity contribution >= 4 is 17.5 Å². The lowest BCUT2D eigenvalue weighted by Gasteiger charge is -2.37. The summed E-state index contributed by atoms with van der Waals surface area (Å²) < 4.78 is 21.7. The maximum atomic E-state index is 12.2. The number of carbonyl (C=O) groups excluding carboxylic acids is 2. The molecule has 0 spiro atoms. The zero-order valence-electron chi connectivity index (χ0n) is 16.7. The molecule has 9 nitrogen and oxygen atoms in total. The normalized spacial score (nSPS) is 24.9. The van der Waals surface area contributed by atoms with Gasteiger partial charge < -0.3 is 34.7 Å². The minimum Gasteiger partial charge on any atom is -0.487 e. The van der Waals surface area contributed by atoms with Gasteiger partial charge in [0.25, 0.3) is 0 Å². The van der Waals surface area contributed by atoms with E-state index in [-0.39, 0.29) is 49.6 Å². The molecule has 9 heteroatoms. The zero-order valence-corrected chi connectivity index (χ0v) is 16.7. The number of amides is 2. The lowest BCUT2D eigenvalue weighted by atomic mass is 9.84. The van der Waals surface area contributed by atoms with E-state index in [1.807, 2.05) is 6.07 Å². The van der Waals surface area contributed by atoms with Crippen molar-refractivity contribution in [1.82, 2.24) is 5.32 Å². The smallest absolute Gasteiger partial charge is 0.250 e. The summed E-state index contributed by atoms with van der Waals surface area (Å²) in [5.41, 5.74) is 1.59. The fourth-order valence-electron chi connectivity index (χ4n) is 3.87. The summed E-state index contributed by atoms with van der Waals surface area (Å²) in [6, 6.07) is 5.44. The van der Waals surface area contributed by atoms with E-state index < -0.39 is 6.10 Å². The van der Waals surface area contributed by atoms with Gasteiger partial charge in [0, 0.05) is 37.9 Å². The topological polar surface area (TPSA) is 115 Å². The molecule has 2 aliphatic heterocycles. The van der Waals surface area contributed by atoms with Crippen LogP contribution in [0.25, 0.3) is 0 Å². The highest BCUT2D eigenvalue weighted by molar-refractivity contribution is 5.91. The number of methoxy groups -OCH3 is 2. The van der Waals surface area contributed by atoms with Crippen molar-refractivity contribution < 1.29 is 33.6 Å². The van der Waals surface area contributed by atoms with Crippen LogP contribution in [0.15, 0.2) is 18.2 Å². The second kappa shape index (κ2) is 10.0. The van der Waals surface area contributed by atoms with Gasteiger partial charge in [-0.1, -0.05) is 0 Å². The molecule has 3 rings (SSSR count). The van der Waals surface area contributed by atoms with E-state index in [2.05, 4.69) is 10.6 Å². The molecule has 2 heterocycles. The minimum atomic E-state index is -0.524. The number of hydrogen-bond acceptors (Lipinski definition) is 7. The quantitative estimate of drug-likeness (QED) is 0.507. The molecule has 3 N–H and O–H groups in total. The molecule has 1 aromatic rings. The molecule has 4 atom stereocenters. The van der Waals surface area contributed by atoms with Crippen molar-refractivity contribution in [3.63, 3.8) is 0 Å². The molecule has 0 saturated carbocycles. The third-order valence-electron chi connectivity index (χ3n) is 5.10.